The number of benzene rings is 1. The molecule has 1 aromatic carbocycles. The molecule has 1 aliphatic carbocycles. The van der Waals surface area contributed by atoms with E-state index in [1.807, 2.05) is 0 Å². The molecule has 1 aliphatic rings. The summed E-state index contributed by atoms with van der Waals surface area (Å²) in [5.74, 6) is -4.01. The second-order valence-corrected chi connectivity index (χ2v) is 6.44. The minimum Gasteiger partial charge on any atom is -0.506 e. The number of hydrogen-bond donors (Lipinski definition) is 1. The zero-order valence-corrected chi connectivity index (χ0v) is 13.9. The largest absolute Gasteiger partial charge is 0.506 e. The van der Waals surface area contributed by atoms with Gasteiger partial charge in [0.1, 0.15) is 17.3 Å². The summed E-state index contributed by atoms with van der Waals surface area (Å²) in [6, 6.07) is 4.75. The van der Waals surface area contributed by atoms with Crippen molar-refractivity contribution >= 4 is 29.0 Å². The number of esters is 1. The zero-order valence-electron chi connectivity index (χ0n) is 13.9. The van der Waals surface area contributed by atoms with Crippen molar-refractivity contribution in [3.63, 3.8) is 0 Å². The monoisotopic (exact) mass is 347 g/mol. The van der Waals surface area contributed by atoms with Gasteiger partial charge < -0.3 is 9.84 Å². The number of aliphatic hydroxyl groups excluding tert-OH is 1. The number of allylic oxidation sites excluding steroid dienone is 1. The Labute approximate surface area is 143 Å². The number of nitro groups is 1. The molecule has 132 valence electrons. The van der Waals surface area contributed by atoms with Crippen molar-refractivity contribution in [1.29, 1.82) is 0 Å². The summed E-state index contributed by atoms with van der Waals surface area (Å²) in [6.07, 6.45) is -0.120. The third-order valence-corrected chi connectivity index (χ3v) is 4.21. The summed E-state index contributed by atoms with van der Waals surface area (Å²) < 4.78 is 4.66. The minimum absolute atomic E-state index is 0.0746. The van der Waals surface area contributed by atoms with Crippen molar-refractivity contribution in [2.24, 2.45) is 11.3 Å². The van der Waals surface area contributed by atoms with E-state index in [9.17, 15) is 29.6 Å². The highest BCUT2D eigenvalue weighted by atomic mass is 16.6. The molecule has 1 fully saturated rings. The lowest BCUT2D eigenvalue weighted by Crippen LogP contribution is -2.46. The smallest absolute Gasteiger partial charge is 0.317 e. The van der Waals surface area contributed by atoms with E-state index >= 15 is 0 Å². The first-order valence-electron chi connectivity index (χ1n) is 7.43. The molecule has 0 saturated heterocycles. The third kappa shape index (κ3) is 3.28. The van der Waals surface area contributed by atoms with Gasteiger partial charge in [-0.05, 0) is 17.5 Å². The van der Waals surface area contributed by atoms with Crippen LogP contribution in [0.4, 0.5) is 5.69 Å². The fourth-order valence-electron chi connectivity index (χ4n) is 2.92. The molecule has 0 radical (unpaired) electrons. The first kappa shape index (κ1) is 18.3. The summed E-state index contributed by atoms with van der Waals surface area (Å²) in [6.45, 7) is 3.20. The summed E-state index contributed by atoms with van der Waals surface area (Å²) in [5, 5.41) is 21.1. The van der Waals surface area contributed by atoms with Crippen LogP contribution in [0.15, 0.2) is 29.8 Å². The Morgan fingerprint density at radius 2 is 1.84 bits per heavy atom. The first-order chi connectivity index (χ1) is 11.6. The molecule has 0 spiro atoms. The van der Waals surface area contributed by atoms with E-state index in [2.05, 4.69) is 4.74 Å². The maximum Gasteiger partial charge on any atom is 0.317 e. The number of nitro benzene ring substituents is 1. The quantitative estimate of drug-likeness (QED) is 0.169. The third-order valence-electron chi connectivity index (χ3n) is 4.21. The van der Waals surface area contributed by atoms with Gasteiger partial charge in [-0.25, -0.2) is 0 Å². The maximum absolute atomic E-state index is 12.7. The molecule has 0 unspecified atom stereocenters. The molecule has 8 heteroatoms. The van der Waals surface area contributed by atoms with Gasteiger partial charge in [-0.2, -0.15) is 0 Å². The molecular weight excluding hydrogens is 330 g/mol. The van der Waals surface area contributed by atoms with E-state index in [0.29, 0.717) is 0 Å². The Morgan fingerprint density at radius 1 is 1.28 bits per heavy atom. The van der Waals surface area contributed by atoms with E-state index in [0.717, 1.165) is 19.2 Å². The molecule has 0 bridgehead atoms. The van der Waals surface area contributed by atoms with Crippen LogP contribution in [0.2, 0.25) is 0 Å². The standard InChI is InChI=1S/C17H17NO7/c1-17(2)8-11(19)12(15(21)13(17)16(22)25-3)14(20)9-4-6-10(7-5-9)18(23)24/h4-7,13,20H,8H2,1-3H3/t13-/m0/s1. The highest BCUT2D eigenvalue weighted by Crippen LogP contribution is 2.41. The first-order valence-corrected chi connectivity index (χ1v) is 7.43. The van der Waals surface area contributed by atoms with Crippen molar-refractivity contribution in [1.82, 2.24) is 0 Å². The van der Waals surface area contributed by atoms with Crippen LogP contribution >= 0.6 is 0 Å². The highest BCUT2D eigenvalue weighted by molar-refractivity contribution is 6.30. The molecular formula is C17H17NO7. The molecule has 2 rings (SSSR count). The van der Waals surface area contributed by atoms with Crippen LogP contribution in [0.1, 0.15) is 25.8 Å². The Hall–Kier alpha value is -3.03. The molecule has 0 aromatic heterocycles. The molecule has 25 heavy (non-hydrogen) atoms. The van der Waals surface area contributed by atoms with Crippen LogP contribution < -0.4 is 0 Å². The molecule has 1 aromatic rings. The average molecular weight is 347 g/mol. The molecule has 0 aliphatic heterocycles. The number of non-ortho nitro benzene ring substituents is 1. The van der Waals surface area contributed by atoms with Gasteiger partial charge in [0.15, 0.2) is 11.6 Å². The van der Waals surface area contributed by atoms with Crippen LogP contribution in [0.3, 0.4) is 0 Å². The van der Waals surface area contributed by atoms with Gasteiger partial charge in [-0.15, -0.1) is 0 Å². The topological polar surface area (TPSA) is 124 Å². The molecule has 1 atom stereocenters. The van der Waals surface area contributed by atoms with Crippen LogP contribution in [0.5, 0.6) is 0 Å². The van der Waals surface area contributed by atoms with Crippen molar-refractivity contribution in [3.05, 3.63) is 45.5 Å². The van der Waals surface area contributed by atoms with Crippen LogP contribution in [-0.4, -0.2) is 34.7 Å². The Bertz CT molecular complexity index is 790. The number of rotatable bonds is 3. The Morgan fingerprint density at radius 3 is 2.32 bits per heavy atom. The number of hydrogen-bond acceptors (Lipinski definition) is 7. The van der Waals surface area contributed by atoms with Gasteiger partial charge in [0, 0.05) is 24.1 Å². The summed E-state index contributed by atoms with van der Waals surface area (Å²) in [7, 11) is 1.14. The van der Waals surface area contributed by atoms with Crippen molar-refractivity contribution in [2.45, 2.75) is 20.3 Å². The summed E-state index contributed by atoms with van der Waals surface area (Å²) in [5.41, 5.74) is -1.55. The predicted molar refractivity (Wildman–Crippen MR) is 86.6 cm³/mol. The SMILES string of the molecule is COC(=O)[C@@H]1C(=O)C(=C(O)c2ccc([N+](=O)[O-])cc2)C(=O)CC1(C)C. The number of Topliss-reactive ketones (excluding diaryl/α,β-unsaturated/α-hetero) is 2. The van der Waals surface area contributed by atoms with Gasteiger partial charge in [0.2, 0.25) is 0 Å². The summed E-state index contributed by atoms with van der Waals surface area (Å²) in [4.78, 5) is 47.1. The molecule has 0 amide bonds. The van der Waals surface area contributed by atoms with Crippen molar-refractivity contribution in [3.8, 4) is 0 Å². The number of aliphatic hydroxyl groups is 1. The molecule has 1 saturated carbocycles. The lowest BCUT2D eigenvalue weighted by atomic mass is 9.65. The zero-order chi connectivity index (χ0) is 18.9. The van der Waals surface area contributed by atoms with Crippen molar-refractivity contribution in [2.75, 3.05) is 7.11 Å². The Kier molecular flexibility index (Phi) is 4.73. The molecule has 8 nitrogen and oxygen atoms in total. The predicted octanol–water partition coefficient (Wildman–Crippen LogP) is 2.22. The molecule has 0 heterocycles. The number of methoxy groups -OCH3 is 1. The number of nitrogens with zero attached hydrogens (tertiary/aromatic N) is 1. The fraction of sp³-hybridized carbons (Fsp3) is 0.353. The van der Waals surface area contributed by atoms with E-state index in [-0.39, 0.29) is 17.7 Å². The number of ketones is 2. The lowest BCUT2D eigenvalue weighted by molar-refractivity contribution is -0.384. The highest BCUT2D eigenvalue weighted by Gasteiger charge is 2.50. The maximum atomic E-state index is 12.7. The molecule has 1 N–H and O–H groups in total. The van der Waals surface area contributed by atoms with Crippen LogP contribution in [0, 0.1) is 21.4 Å². The average Bonchev–Trinajstić information content (AvgIpc) is 2.53. The van der Waals surface area contributed by atoms with E-state index in [1.165, 1.54) is 12.1 Å². The lowest BCUT2D eigenvalue weighted by Gasteiger charge is -2.35. The number of carbonyl (C=O) groups is 3. The van der Waals surface area contributed by atoms with E-state index < -0.39 is 45.1 Å². The number of ether oxygens (including phenoxy) is 1. The van der Waals surface area contributed by atoms with Gasteiger partial charge in [0.05, 0.1) is 12.0 Å². The van der Waals surface area contributed by atoms with Gasteiger partial charge in [-0.3, -0.25) is 24.5 Å². The number of carbonyl (C=O) groups excluding carboxylic acids is 3. The van der Waals surface area contributed by atoms with Gasteiger partial charge in [-0.1, -0.05) is 13.8 Å². The minimum atomic E-state index is -1.22. The van der Waals surface area contributed by atoms with Crippen molar-refractivity contribution < 1.29 is 29.2 Å². The second-order valence-electron chi connectivity index (χ2n) is 6.44. The van der Waals surface area contributed by atoms with E-state index in [1.54, 1.807) is 13.8 Å². The summed E-state index contributed by atoms with van der Waals surface area (Å²) >= 11 is 0. The van der Waals surface area contributed by atoms with Gasteiger partial charge in [0.25, 0.3) is 5.69 Å². The fourth-order valence-corrected chi connectivity index (χ4v) is 2.92. The Balaban J connectivity index is 2.52. The second kappa shape index (κ2) is 6.46. The normalized spacial score (nSPS) is 21.6. The van der Waals surface area contributed by atoms with E-state index in [4.69, 9.17) is 0 Å². The van der Waals surface area contributed by atoms with Gasteiger partial charge >= 0.3 is 5.97 Å². The van der Waals surface area contributed by atoms with Crippen LogP contribution in [0.25, 0.3) is 5.76 Å². The van der Waals surface area contributed by atoms with Crippen LogP contribution in [-0.2, 0) is 19.1 Å².